The zero-order chi connectivity index (χ0) is 49.2. The molecule has 1 aromatic heterocycles. The number of hydrogen-bond donors (Lipinski definition) is 3. The van der Waals surface area contributed by atoms with Crippen LogP contribution in [-0.4, -0.2) is 121 Å². The molecule has 3 fully saturated rings. The standard InChI is InChI=1S/C51H63F2N7O8S/c1-32(58(5)50(65)68-51(2,3)4)45(61)56-42(35-20-13-8-14-21-35)48(64)60-25-15-22-39(60)46(62)57-43(40(33-16-9-6-10-17-33)34-18-11-7-12-19-34)47(63)54-31-67-44-36(23-24-37(52)41(44)53)38-30-69-49(55-38)59-26-28-66-29-27-59/h6-7,9-12,16-19,23-24,30,32,35,39-40,42-43H,8,13-15,20-22,25-29,31H2,1-5H3,(H,54,63)(H,56,61)(H,57,62)/t32-,39-,42-,43-/m0/s1. The summed E-state index contributed by atoms with van der Waals surface area (Å²) in [4.78, 5) is 80.5. The molecule has 370 valence electrons. The van der Waals surface area contributed by atoms with Crippen LogP contribution >= 0.6 is 11.3 Å². The smallest absolute Gasteiger partial charge is 0.410 e. The zero-order valence-electron chi connectivity index (χ0n) is 39.9. The Morgan fingerprint density at radius 3 is 2.14 bits per heavy atom. The summed E-state index contributed by atoms with van der Waals surface area (Å²) in [6.45, 7) is 8.75. The van der Waals surface area contributed by atoms with Crippen molar-refractivity contribution < 1.29 is 47.0 Å². The Bertz CT molecular complexity index is 2370. The minimum absolute atomic E-state index is 0.188. The third-order valence-electron chi connectivity index (χ3n) is 13.0. The van der Waals surface area contributed by atoms with E-state index in [1.165, 1.54) is 34.3 Å². The molecule has 1 saturated carbocycles. The van der Waals surface area contributed by atoms with Gasteiger partial charge in [0.25, 0.3) is 0 Å². The first kappa shape index (κ1) is 50.7. The van der Waals surface area contributed by atoms with Gasteiger partial charge in [-0.1, -0.05) is 79.9 Å². The number of aromatic nitrogens is 1. The fraction of sp³-hybridized carbons (Fsp3) is 0.490. The number of likely N-dealkylation sites (N-methyl/N-ethyl adjacent to an activating group) is 1. The SMILES string of the molecule is C[C@@H](C(=O)N[C@H](C(=O)N1CCC[C@H]1C(=O)N[C@H](C(=O)NCOc1c(-c2csc(N3CCOCC3)n2)ccc(F)c1F)C(c1ccccc1)c1ccccc1)C1CCCCC1)N(C)C(=O)OC(C)(C)C. The highest BCUT2D eigenvalue weighted by atomic mass is 32.1. The van der Waals surface area contributed by atoms with E-state index in [4.69, 9.17) is 14.2 Å². The van der Waals surface area contributed by atoms with Crippen LogP contribution in [0.3, 0.4) is 0 Å². The maximum Gasteiger partial charge on any atom is 0.410 e. The third-order valence-corrected chi connectivity index (χ3v) is 13.9. The Morgan fingerprint density at radius 1 is 0.855 bits per heavy atom. The quantitative estimate of drug-likeness (QED) is 0.0994. The minimum atomic E-state index is -1.30. The molecule has 0 bridgehead atoms. The topological polar surface area (TPSA) is 172 Å². The Balaban J connectivity index is 1.13. The van der Waals surface area contributed by atoms with E-state index in [1.54, 1.807) is 33.1 Å². The molecule has 15 nitrogen and oxygen atoms in total. The molecule has 0 unspecified atom stereocenters. The highest BCUT2D eigenvalue weighted by molar-refractivity contribution is 7.14. The van der Waals surface area contributed by atoms with Gasteiger partial charge in [-0.15, -0.1) is 11.3 Å². The van der Waals surface area contributed by atoms with Crippen molar-refractivity contribution in [2.45, 2.75) is 108 Å². The van der Waals surface area contributed by atoms with Gasteiger partial charge < -0.3 is 40.0 Å². The van der Waals surface area contributed by atoms with Crippen molar-refractivity contribution in [1.82, 2.24) is 30.7 Å². The number of carbonyl (C=O) groups excluding carboxylic acids is 5. The molecule has 3 N–H and O–H groups in total. The molecule has 0 spiro atoms. The van der Waals surface area contributed by atoms with Crippen molar-refractivity contribution in [2.24, 2.45) is 5.92 Å². The molecule has 3 aliphatic rings. The van der Waals surface area contributed by atoms with E-state index in [0.29, 0.717) is 73.9 Å². The fourth-order valence-electron chi connectivity index (χ4n) is 9.17. The van der Waals surface area contributed by atoms with Crippen molar-refractivity contribution in [3.8, 4) is 17.0 Å². The molecule has 2 saturated heterocycles. The van der Waals surface area contributed by atoms with Crippen LogP contribution < -0.4 is 25.6 Å². The highest BCUT2D eigenvalue weighted by Crippen LogP contribution is 2.37. The number of nitrogens with one attached hydrogen (secondary N) is 3. The molecule has 4 atom stereocenters. The van der Waals surface area contributed by atoms with Crippen LogP contribution in [0.2, 0.25) is 0 Å². The van der Waals surface area contributed by atoms with Crippen LogP contribution in [-0.2, 0) is 28.7 Å². The number of nitrogens with zero attached hydrogens (tertiary/aromatic N) is 4. The molecule has 4 aromatic rings. The van der Waals surface area contributed by atoms with Crippen molar-refractivity contribution >= 4 is 46.2 Å². The average Bonchev–Trinajstić information content (AvgIpc) is 4.06. The van der Waals surface area contributed by atoms with Gasteiger partial charge in [-0.3, -0.25) is 24.1 Å². The molecule has 7 rings (SSSR count). The van der Waals surface area contributed by atoms with Gasteiger partial charge >= 0.3 is 6.09 Å². The lowest BCUT2D eigenvalue weighted by Gasteiger charge is -2.36. The maximum atomic E-state index is 15.6. The van der Waals surface area contributed by atoms with Crippen LogP contribution in [0.25, 0.3) is 11.3 Å². The van der Waals surface area contributed by atoms with E-state index in [-0.39, 0.29) is 18.0 Å². The molecular weight excluding hydrogens is 909 g/mol. The number of likely N-dealkylation sites (tertiary alicyclic amines) is 1. The first-order chi connectivity index (χ1) is 33.1. The molecule has 0 radical (unpaired) electrons. The normalized spacial score (nSPS) is 17.9. The van der Waals surface area contributed by atoms with E-state index in [1.807, 2.05) is 65.6 Å². The summed E-state index contributed by atoms with van der Waals surface area (Å²) in [5.74, 6) is -6.02. The molecule has 3 aromatic carbocycles. The Labute approximate surface area is 406 Å². The van der Waals surface area contributed by atoms with Crippen LogP contribution in [0.15, 0.2) is 78.2 Å². The second-order valence-electron chi connectivity index (χ2n) is 18.8. The lowest BCUT2D eigenvalue weighted by Crippen LogP contribution is -2.60. The van der Waals surface area contributed by atoms with Crippen molar-refractivity contribution in [3.63, 3.8) is 0 Å². The van der Waals surface area contributed by atoms with E-state index in [2.05, 4.69) is 20.9 Å². The van der Waals surface area contributed by atoms with Gasteiger partial charge in [0, 0.05) is 43.5 Å². The van der Waals surface area contributed by atoms with E-state index in [9.17, 15) is 28.4 Å². The molecule has 18 heteroatoms. The van der Waals surface area contributed by atoms with Gasteiger partial charge in [0.1, 0.15) is 29.8 Å². The number of thiazole rings is 1. The number of morpholine rings is 1. The van der Waals surface area contributed by atoms with Crippen LogP contribution in [0, 0.1) is 17.6 Å². The third kappa shape index (κ3) is 12.6. The predicted octanol–water partition coefficient (Wildman–Crippen LogP) is 7.01. The summed E-state index contributed by atoms with van der Waals surface area (Å²) in [6.07, 6.45) is 4.23. The monoisotopic (exact) mass is 971 g/mol. The van der Waals surface area contributed by atoms with Crippen LogP contribution in [0.1, 0.15) is 89.7 Å². The zero-order valence-corrected chi connectivity index (χ0v) is 40.7. The van der Waals surface area contributed by atoms with Gasteiger partial charge in [-0.25, -0.2) is 14.2 Å². The van der Waals surface area contributed by atoms with E-state index in [0.717, 1.165) is 25.3 Å². The minimum Gasteiger partial charge on any atom is -0.469 e. The van der Waals surface area contributed by atoms with Crippen LogP contribution in [0.4, 0.5) is 18.7 Å². The predicted molar refractivity (Wildman–Crippen MR) is 257 cm³/mol. The first-order valence-electron chi connectivity index (χ1n) is 23.7. The second kappa shape index (κ2) is 23.0. The fourth-order valence-corrected chi connectivity index (χ4v) is 10.1. The lowest BCUT2D eigenvalue weighted by atomic mass is 9.83. The summed E-state index contributed by atoms with van der Waals surface area (Å²) in [5, 5.41) is 11.1. The van der Waals surface area contributed by atoms with Gasteiger partial charge in [-0.05, 0) is 82.6 Å². The first-order valence-corrected chi connectivity index (χ1v) is 24.6. The lowest BCUT2D eigenvalue weighted by molar-refractivity contribution is -0.144. The van der Waals surface area contributed by atoms with Gasteiger partial charge in [0.2, 0.25) is 29.4 Å². The molecule has 5 amide bonds. The number of carbonyl (C=O) groups is 5. The second-order valence-corrected chi connectivity index (χ2v) is 19.6. The maximum absolute atomic E-state index is 15.6. The van der Waals surface area contributed by atoms with E-state index >= 15 is 4.39 Å². The summed E-state index contributed by atoms with van der Waals surface area (Å²) in [6, 6.07) is 16.5. The Hall–Kier alpha value is -6.14. The number of ether oxygens (including phenoxy) is 3. The molecule has 3 heterocycles. The number of benzene rings is 3. The molecule has 1 aliphatic carbocycles. The van der Waals surface area contributed by atoms with Crippen molar-refractivity contribution in [2.75, 3.05) is 51.5 Å². The number of rotatable bonds is 16. The molecule has 69 heavy (non-hydrogen) atoms. The average molecular weight is 972 g/mol. The summed E-state index contributed by atoms with van der Waals surface area (Å²) >= 11 is 1.35. The van der Waals surface area contributed by atoms with Crippen molar-refractivity contribution in [3.05, 3.63) is 101 Å². The van der Waals surface area contributed by atoms with Gasteiger partial charge in [0.15, 0.2) is 23.4 Å². The summed E-state index contributed by atoms with van der Waals surface area (Å²) < 4.78 is 47.2. The number of anilines is 1. The van der Waals surface area contributed by atoms with Gasteiger partial charge in [0.05, 0.1) is 18.9 Å². The number of hydrogen-bond acceptors (Lipinski definition) is 11. The molecule has 2 aliphatic heterocycles. The summed E-state index contributed by atoms with van der Waals surface area (Å²) in [5.41, 5.74) is 1.17. The van der Waals surface area contributed by atoms with E-state index < -0.39 is 89.5 Å². The molecular formula is C51H63F2N7O8S. The largest absolute Gasteiger partial charge is 0.469 e. The number of amides is 5. The summed E-state index contributed by atoms with van der Waals surface area (Å²) in [7, 11) is 1.47. The van der Waals surface area contributed by atoms with Gasteiger partial charge in [-0.2, -0.15) is 4.39 Å². The van der Waals surface area contributed by atoms with Crippen LogP contribution in [0.5, 0.6) is 5.75 Å². The highest BCUT2D eigenvalue weighted by Gasteiger charge is 2.43. The Morgan fingerprint density at radius 2 is 1.51 bits per heavy atom. The van der Waals surface area contributed by atoms with Crippen molar-refractivity contribution in [1.29, 1.82) is 0 Å². The Kier molecular flexibility index (Phi) is 16.9. The number of halogens is 2.